The Balaban J connectivity index is 1.67. The fourth-order valence-corrected chi connectivity index (χ4v) is 4.76. The first-order chi connectivity index (χ1) is 14.5. The van der Waals surface area contributed by atoms with E-state index >= 15 is 4.39 Å². The van der Waals surface area contributed by atoms with Crippen molar-refractivity contribution in [3.63, 3.8) is 0 Å². The molecule has 0 N–H and O–H groups in total. The monoisotopic (exact) mass is 408 g/mol. The van der Waals surface area contributed by atoms with Gasteiger partial charge in [0, 0.05) is 11.1 Å². The molecule has 4 rings (SSSR count). The Labute approximate surface area is 176 Å². The predicted octanol–water partition coefficient (Wildman–Crippen LogP) is 8.64. The topological polar surface area (TPSA) is 0 Å². The van der Waals surface area contributed by atoms with Crippen LogP contribution in [0.2, 0.25) is 0 Å². The lowest BCUT2D eigenvalue weighted by molar-refractivity contribution is 0.319. The molecule has 0 aliphatic heterocycles. The average molecular weight is 409 g/mol. The zero-order valence-corrected chi connectivity index (χ0v) is 17.5. The molecule has 156 valence electrons. The quantitative estimate of drug-likeness (QED) is 0.405. The first-order valence-electron chi connectivity index (χ1n) is 10.9. The second-order valence-electron chi connectivity index (χ2n) is 8.37. The Hall–Kier alpha value is -2.55. The number of rotatable bonds is 4. The van der Waals surface area contributed by atoms with Gasteiger partial charge in [-0.1, -0.05) is 61.9 Å². The van der Waals surface area contributed by atoms with Crippen LogP contribution in [-0.2, 0) is 0 Å². The van der Waals surface area contributed by atoms with Gasteiger partial charge in [-0.3, -0.25) is 0 Å². The van der Waals surface area contributed by atoms with Crippen molar-refractivity contribution >= 4 is 16.8 Å². The normalized spacial score (nSPS) is 19.6. The van der Waals surface area contributed by atoms with Gasteiger partial charge in [0.2, 0.25) is 0 Å². The maximum absolute atomic E-state index is 15.2. The van der Waals surface area contributed by atoms with Gasteiger partial charge >= 0.3 is 0 Å². The van der Waals surface area contributed by atoms with Crippen LogP contribution in [0.15, 0.2) is 48.5 Å². The maximum Gasteiger partial charge on any atom is 0.170 e. The van der Waals surface area contributed by atoms with Gasteiger partial charge in [-0.2, -0.15) is 0 Å². The molecule has 0 heterocycles. The predicted molar refractivity (Wildman–Crippen MR) is 119 cm³/mol. The van der Waals surface area contributed by atoms with Gasteiger partial charge in [0.05, 0.1) is 5.39 Å². The van der Waals surface area contributed by atoms with Crippen molar-refractivity contribution < 1.29 is 13.2 Å². The van der Waals surface area contributed by atoms with Gasteiger partial charge in [0.25, 0.3) is 0 Å². The van der Waals surface area contributed by atoms with Crippen LogP contribution in [0.25, 0.3) is 28.0 Å². The minimum absolute atomic E-state index is 0.122. The first-order valence-corrected chi connectivity index (χ1v) is 10.9. The third-order valence-electron chi connectivity index (χ3n) is 6.61. The number of hydrogen-bond donors (Lipinski definition) is 0. The standard InChI is InChI=1S/C27H27F3/c1-3-5-22-16-21-14-15-23(26(29)24(21)27(30)25(22)28)20-12-10-19(11-13-20)18-8-6-17(4-2)7-9-18/h3,5,10-18H,4,6-9H2,1-2H3/b5-3+. The molecule has 0 unspecified atom stereocenters. The SMILES string of the molecule is C/C=C/c1cc2ccc(-c3ccc(C4CCC(CC)CC4)cc3)c(F)c2c(F)c1F. The van der Waals surface area contributed by atoms with Crippen LogP contribution in [0, 0.1) is 23.4 Å². The van der Waals surface area contributed by atoms with Crippen LogP contribution in [0.4, 0.5) is 13.2 Å². The number of hydrogen-bond acceptors (Lipinski definition) is 0. The molecule has 30 heavy (non-hydrogen) atoms. The number of allylic oxidation sites excluding steroid dienone is 1. The summed E-state index contributed by atoms with van der Waals surface area (Å²) in [6.45, 7) is 3.98. The van der Waals surface area contributed by atoms with E-state index in [1.807, 2.05) is 12.1 Å². The average Bonchev–Trinajstić information content (AvgIpc) is 2.78. The smallest absolute Gasteiger partial charge is 0.170 e. The lowest BCUT2D eigenvalue weighted by atomic mass is 9.77. The van der Waals surface area contributed by atoms with Crippen molar-refractivity contribution in [3.8, 4) is 11.1 Å². The lowest BCUT2D eigenvalue weighted by Gasteiger charge is -2.28. The molecule has 3 aromatic rings. The summed E-state index contributed by atoms with van der Waals surface area (Å²) >= 11 is 0. The number of fused-ring (bicyclic) bond motifs is 1. The summed E-state index contributed by atoms with van der Waals surface area (Å²) in [5.41, 5.74) is 2.37. The van der Waals surface area contributed by atoms with Crippen molar-refractivity contribution in [2.45, 2.75) is 51.9 Å². The molecule has 3 aromatic carbocycles. The lowest BCUT2D eigenvalue weighted by Crippen LogP contribution is -2.12. The highest BCUT2D eigenvalue weighted by molar-refractivity contribution is 5.90. The molecular formula is C27H27F3. The molecule has 1 aliphatic carbocycles. The maximum atomic E-state index is 15.2. The first kappa shape index (κ1) is 20.7. The molecule has 3 heteroatoms. The summed E-state index contributed by atoms with van der Waals surface area (Å²) in [5, 5.41) is 0.0628. The summed E-state index contributed by atoms with van der Waals surface area (Å²) in [4.78, 5) is 0. The minimum Gasteiger partial charge on any atom is -0.206 e. The Morgan fingerprint density at radius 1 is 0.867 bits per heavy atom. The van der Waals surface area contributed by atoms with E-state index in [0.717, 1.165) is 5.92 Å². The molecule has 1 fully saturated rings. The van der Waals surface area contributed by atoms with E-state index in [4.69, 9.17) is 0 Å². The summed E-state index contributed by atoms with van der Waals surface area (Å²) in [7, 11) is 0. The summed E-state index contributed by atoms with van der Waals surface area (Å²) < 4.78 is 44.2. The fraction of sp³-hybridized carbons (Fsp3) is 0.333. The van der Waals surface area contributed by atoms with E-state index in [1.165, 1.54) is 49.8 Å². The van der Waals surface area contributed by atoms with Gasteiger partial charge in [-0.15, -0.1) is 0 Å². The van der Waals surface area contributed by atoms with Gasteiger partial charge in [-0.25, -0.2) is 13.2 Å². The summed E-state index contributed by atoms with van der Waals surface area (Å²) in [6, 6.07) is 12.7. The Kier molecular flexibility index (Phi) is 5.99. The van der Waals surface area contributed by atoms with Crippen LogP contribution < -0.4 is 0 Å². The Morgan fingerprint density at radius 2 is 1.57 bits per heavy atom. The molecule has 0 amide bonds. The van der Waals surface area contributed by atoms with Crippen molar-refractivity contribution in [1.29, 1.82) is 0 Å². The van der Waals surface area contributed by atoms with Crippen LogP contribution in [0.5, 0.6) is 0 Å². The fourth-order valence-electron chi connectivity index (χ4n) is 4.76. The third kappa shape index (κ3) is 3.78. The van der Waals surface area contributed by atoms with E-state index in [2.05, 4.69) is 19.1 Å². The van der Waals surface area contributed by atoms with Gasteiger partial charge < -0.3 is 0 Å². The number of halogens is 3. The van der Waals surface area contributed by atoms with E-state index in [0.29, 0.717) is 22.4 Å². The molecule has 0 bridgehead atoms. The second kappa shape index (κ2) is 8.67. The largest absolute Gasteiger partial charge is 0.206 e. The molecule has 0 saturated heterocycles. The minimum atomic E-state index is -1.13. The Morgan fingerprint density at radius 3 is 2.20 bits per heavy atom. The van der Waals surface area contributed by atoms with Crippen LogP contribution in [-0.4, -0.2) is 0 Å². The zero-order valence-electron chi connectivity index (χ0n) is 17.5. The van der Waals surface area contributed by atoms with Gasteiger partial charge in [0.15, 0.2) is 11.6 Å². The highest BCUT2D eigenvalue weighted by Gasteiger charge is 2.22. The Bertz CT molecular complexity index is 1070. The molecule has 0 atom stereocenters. The molecule has 0 aromatic heterocycles. The molecule has 0 spiro atoms. The van der Waals surface area contributed by atoms with Gasteiger partial charge in [-0.05, 0) is 67.0 Å². The van der Waals surface area contributed by atoms with Crippen LogP contribution in [0.3, 0.4) is 0 Å². The number of benzene rings is 3. The molecule has 0 nitrogen and oxygen atoms in total. The van der Waals surface area contributed by atoms with Crippen LogP contribution >= 0.6 is 0 Å². The zero-order chi connectivity index (χ0) is 21.3. The van der Waals surface area contributed by atoms with Crippen LogP contribution in [0.1, 0.15) is 63.0 Å². The van der Waals surface area contributed by atoms with Crippen molar-refractivity contribution in [3.05, 3.63) is 77.1 Å². The highest BCUT2D eigenvalue weighted by atomic mass is 19.2. The summed E-state index contributed by atoms with van der Waals surface area (Å²) in [5.74, 6) is -1.47. The highest BCUT2D eigenvalue weighted by Crippen LogP contribution is 2.38. The summed E-state index contributed by atoms with van der Waals surface area (Å²) in [6.07, 6.45) is 9.29. The van der Waals surface area contributed by atoms with Crippen molar-refractivity contribution in [2.24, 2.45) is 5.92 Å². The van der Waals surface area contributed by atoms with E-state index in [9.17, 15) is 8.78 Å². The molecular weight excluding hydrogens is 381 g/mol. The van der Waals surface area contributed by atoms with E-state index in [-0.39, 0.29) is 10.9 Å². The molecule has 1 saturated carbocycles. The molecule has 0 radical (unpaired) electrons. The van der Waals surface area contributed by atoms with Crippen molar-refractivity contribution in [2.75, 3.05) is 0 Å². The van der Waals surface area contributed by atoms with E-state index < -0.39 is 17.5 Å². The van der Waals surface area contributed by atoms with E-state index in [1.54, 1.807) is 25.1 Å². The third-order valence-corrected chi connectivity index (χ3v) is 6.61. The van der Waals surface area contributed by atoms with Crippen molar-refractivity contribution in [1.82, 2.24) is 0 Å². The van der Waals surface area contributed by atoms with Gasteiger partial charge in [0.1, 0.15) is 5.82 Å². The molecule has 1 aliphatic rings. The second-order valence-corrected chi connectivity index (χ2v) is 8.37.